The van der Waals surface area contributed by atoms with Crippen LogP contribution in [0.25, 0.3) is 0 Å². The van der Waals surface area contributed by atoms with Crippen molar-refractivity contribution in [2.24, 2.45) is 0 Å². The number of hydrogen-bond acceptors (Lipinski definition) is 4. The first-order valence-electron chi connectivity index (χ1n) is 8.13. The molecule has 0 saturated heterocycles. The average Bonchev–Trinajstić information content (AvgIpc) is 2.62. The van der Waals surface area contributed by atoms with Crippen molar-refractivity contribution in [2.75, 3.05) is 26.9 Å². The molecular weight excluding hydrogens is 342 g/mol. The van der Waals surface area contributed by atoms with E-state index in [2.05, 4.69) is 5.32 Å². The predicted molar refractivity (Wildman–Crippen MR) is 95.9 cm³/mol. The number of carbonyl (C=O) groups excluding carboxylic acids is 1. The molecule has 1 N–H and O–H groups in total. The van der Waals surface area contributed by atoms with Crippen LogP contribution in [0.1, 0.15) is 11.1 Å². The molecule has 0 fully saturated rings. The second-order valence-electron chi connectivity index (χ2n) is 5.73. The maximum Gasteiger partial charge on any atom is 0.224 e. The Kier molecular flexibility index (Phi) is 5.66. The van der Waals surface area contributed by atoms with Gasteiger partial charge < -0.3 is 19.5 Å². The molecule has 0 aliphatic carbocycles. The molecule has 5 nitrogen and oxygen atoms in total. The van der Waals surface area contributed by atoms with Gasteiger partial charge in [0.1, 0.15) is 19.0 Å². The van der Waals surface area contributed by atoms with E-state index in [1.54, 1.807) is 7.11 Å². The first kappa shape index (κ1) is 17.4. The van der Waals surface area contributed by atoms with E-state index in [0.717, 1.165) is 16.9 Å². The molecule has 0 bridgehead atoms. The van der Waals surface area contributed by atoms with Gasteiger partial charge in [0.2, 0.25) is 5.91 Å². The minimum Gasteiger partial charge on any atom is -0.497 e. The lowest BCUT2D eigenvalue weighted by atomic mass is 10.1. The molecule has 25 heavy (non-hydrogen) atoms. The second-order valence-corrected chi connectivity index (χ2v) is 6.14. The highest BCUT2D eigenvalue weighted by Crippen LogP contribution is 2.38. The third-order valence-corrected chi connectivity index (χ3v) is 4.17. The molecule has 0 aromatic heterocycles. The lowest BCUT2D eigenvalue weighted by molar-refractivity contribution is -0.120. The van der Waals surface area contributed by atoms with E-state index in [1.165, 1.54) is 0 Å². The molecule has 132 valence electrons. The predicted octanol–water partition coefficient (Wildman–Crippen LogP) is 3.02. The van der Waals surface area contributed by atoms with Gasteiger partial charge in [-0.15, -0.1) is 0 Å². The smallest absolute Gasteiger partial charge is 0.224 e. The van der Waals surface area contributed by atoms with Crippen LogP contribution >= 0.6 is 11.6 Å². The number of carbonyl (C=O) groups is 1. The van der Waals surface area contributed by atoms with Gasteiger partial charge >= 0.3 is 0 Å². The van der Waals surface area contributed by atoms with Crippen molar-refractivity contribution in [3.8, 4) is 17.2 Å². The summed E-state index contributed by atoms with van der Waals surface area (Å²) in [5.41, 5.74) is 1.91. The van der Waals surface area contributed by atoms with Gasteiger partial charge in [0.05, 0.1) is 18.6 Å². The summed E-state index contributed by atoms with van der Waals surface area (Å²) in [5, 5.41) is 3.46. The van der Waals surface area contributed by atoms with Crippen molar-refractivity contribution in [2.45, 2.75) is 12.8 Å². The SMILES string of the molecule is COc1cccc(CC(=O)NCCc2cc(Cl)c3c(c2)OCCO3)c1. The Hall–Kier alpha value is -2.40. The van der Waals surface area contributed by atoms with Gasteiger partial charge in [0.15, 0.2) is 11.5 Å². The van der Waals surface area contributed by atoms with Crippen molar-refractivity contribution < 1.29 is 19.0 Å². The zero-order valence-electron chi connectivity index (χ0n) is 14.0. The van der Waals surface area contributed by atoms with E-state index in [9.17, 15) is 4.79 Å². The highest BCUT2D eigenvalue weighted by molar-refractivity contribution is 6.32. The van der Waals surface area contributed by atoms with E-state index < -0.39 is 0 Å². The Labute approximate surface area is 151 Å². The third-order valence-electron chi connectivity index (χ3n) is 3.89. The normalized spacial score (nSPS) is 12.6. The fourth-order valence-electron chi connectivity index (χ4n) is 2.69. The molecule has 0 saturated carbocycles. The zero-order chi connectivity index (χ0) is 17.6. The largest absolute Gasteiger partial charge is 0.497 e. The van der Waals surface area contributed by atoms with E-state index in [4.69, 9.17) is 25.8 Å². The number of rotatable bonds is 6. The van der Waals surface area contributed by atoms with Crippen LogP contribution in [0.5, 0.6) is 17.2 Å². The highest BCUT2D eigenvalue weighted by Gasteiger charge is 2.16. The van der Waals surface area contributed by atoms with Gasteiger partial charge in [-0.05, 0) is 41.8 Å². The Morgan fingerprint density at radius 3 is 2.88 bits per heavy atom. The Bertz CT molecular complexity index is 763. The average molecular weight is 362 g/mol. The van der Waals surface area contributed by atoms with Crippen LogP contribution in [0.15, 0.2) is 36.4 Å². The summed E-state index contributed by atoms with van der Waals surface area (Å²) < 4.78 is 16.2. The maximum atomic E-state index is 12.1. The van der Waals surface area contributed by atoms with Crippen LogP contribution in [0, 0.1) is 0 Å². The van der Waals surface area contributed by atoms with Gasteiger partial charge in [-0.3, -0.25) is 4.79 Å². The molecule has 1 aliphatic rings. The molecule has 2 aromatic rings. The molecule has 0 spiro atoms. The number of benzene rings is 2. The van der Waals surface area contributed by atoms with Crippen LogP contribution in [0.4, 0.5) is 0 Å². The first-order valence-corrected chi connectivity index (χ1v) is 8.51. The fraction of sp³-hybridized carbons (Fsp3) is 0.316. The van der Waals surface area contributed by atoms with Gasteiger partial charge in [-0.25, -0.2) is 0 Å². The van der Waals surface area contributed by atoms with Crippen molar-refractivity contribution >= 4 is 17.5 Å². The minimum absolute atomic E-state index is 0.0307. The standard InChI is InChI=1S/C19H20ClNO4/c1-23-15-4-2-3-13(9-15)12-18(22)21-6-5-14-10-16(20)19-17(11-14)24-7-8-25-19/h2-4,9-11H,5-8,12H2,1H3,(H,21,22). The van der Waals surface area contributed by atoms with Crippen LogP contribution in [0.2, 0.25) is 5.02 Å². The van der Waals surface area contributed by atoms with Gasteiger partial charge in [0, 0.05) is 6.54 Å². The molecule has 1 amide bonds. The third kappa shape index (κ3) is 4.57. The summed E-state index contributed by atoms with van der Waals surface area (Å²) in [6, 6.07) is 11.3. The van der Waals surface area contributed by atoms with Crippen molar-refractivity contribution in [3.63, 3.8) is 0 Å². The lowest BCUT2D eigenvalue weighted by Crippen LogP contribution is -2.27. The van der Waals surface area contributed by atoms with Gasteiger partial charge in [-0.2, -0.15) is 0 Å². The van der Waals surface area contributed by atoms with E-state index in [1.807, 2.05) is 36.4 Å². The summed E-state index contributed by atoms with van der Waals surface area (Å²) in [7, 11) is 1.61. The molecule has 0 atom stereocenters. The summed E-state index contributed by atoms with van der Waals surface area (Å²) in [6.45, 7) is 1.55. The summed E-state index contributed by atoms with van der Waals surface area (Å²) in [4.78, 5) is 12.1. The Balaban J connectivity index is 1.52. The van der Waals surface area contributed by atoms with Crippen molar-refractivity contribution in [1.29, 1.82) is 0 Å². The summed E-state index contributed by atoms with van der Waals surface area (Å²) in [5.74, 6) is 1.98. The van der Waals surface area contributed by atoms with E-state index >= 15 is 0 Å². The maximum absolute atomic E-state index is 12.1. The number of methoxy groups -OCH3 is 1. The van der Waals surface area contributed by atoms with Crippen LogP contribution in [0.3, 0.4) is 0 Å². The van der Waals surface area contributed by atoms with Crippen LogP contribution < -0.4 is 19.5 Å². The molecule has 1 heterocycles. The van der Waals surface area contributed by atoms with E-state index in [0.29, 0.717) is 49.1 Å². The fourth-order valence-corrected chi connectivity index (χ4v) is 2.97. The quantitative estimate of drug-likeness (QED) is 0.859. The zero-order valence-corrected chi connectivity index (χ0v) is 14.8. The molecule has 2 aromatic carbocycles. The van der Waals surface area contributed by atoms with Crippen LogP contribution in [-0.2, 0) is 17.6 Å². The molecular formula is C19H20ClNO4. The number of ether oxygens (including phenoxy) is 3. The minimum atomic E-state index is -0.0307. The summed E-state index contributed by atoms with van der Waals surface area (Å²) >= 11 is 6.22. The first-order chi connectivity index (χ1) is 12.2. The topological polar surface area (TPSA) is 56.8 Å². The molecule has 3 rings (SSSR count). The lowest BCUT2D eigenvalue weighted by Gasteiger charge is -2.20. The van der Waals surface area contributed by atoms with Gasteiger partial charge in [-0.1, -0.05) is 23.7 Å². The monoisotopic (exact) mass is 361 g/mol. The number of halogens is 1. The molecule has 1 aliphatic heterocycles. The molecule has 0 radical (unpaired) electrons. The molecule has 0 unspecified atom stereocenters. The van der Waals surface area contributed by atoms with Crippen molar-refractivity contribution in [1.82, 2.24) is 5.32 Å². The van der Waals surface area contributed by atoms with Gasteiger partial charge in [0.25, 0.3) is 0 Å². The Morgan fingerprint density at radius 1 is 1.20 bits per heavy atom. The Morgan fingerprint density at radius 2 is 2.04 bits per heavy atom. The highest BCUT2D eigenvalue weighted by atomic mass is 35.5. The number of amides is 1. The second kappa shape index (κ2) is 8.12. The van der Waals surface area contributed by atoms with E-state index in [-0.39, 0.29) is 5.91 Å². The molecule has 6 heteroatoms. The number of nitrogens with one attached hydrogen (secondary N) is 1. The number of fused-ring (bicyclic) bond motifs is 1. The van der Waals surface area contributed by atoms with Crippen LogP contribution in [-0.4, -0.2) is 32.8 Å². The summed E-state index contributed by atoms with van der Waals surface area (Å²) in [6.07, 6.45) is 0.985. The van der Waals surface area contributed by atoms with Crippen molar-refractivity contribution in [3.05, 3.63) is 52.5 Å². The number of hydrogen-bond donors (Lipinski definition) is 1.